The van der Waals surface area contributed by atoms with E-state index in [0.29, 0.717) is 0 Å². The van der Waals surface area contributed by atoms with E-state index in [1.165, 1.54) is 60.1 Å². The first-order valence-corrected chi connectivity index (χ1v) is 18.6. The Morgan fingerprint density at radius 1 is 0.370 bits per heavy atom. The van der Waals surface area contributed by atoms with Crippen LogP contribution in [0, 0.1) is 0 Å². The largest absolute Gasteiger partial charge is 0.359 e. The molecule has 0 spiro atoms. The number of nitrogens with zero attached hydrogens (tertiary/aromatic N) is 1. The summed E-state index contributed by atoms with van der Waals surface area (Å²) in [6.07, 6.45) is 2.26. The monoisotopic (exact) mass is 688 g/mol. The van der Waals surface area contributed by atoms with Crippen molar-refractivity contribution in [1.82, 2.24) is 5.32 Å². The number of hydrogen-bond acceptors (Lipinski definition) is 2. The second kappa shape index (κ2) is 13.5. The highest BCUT2D eigenvalue weighted by Gasteiger charge is 2.22. The van der Waals surface area contributed by atoms with E-state index in [2.05, 4.69) is 212 Å². The van der Waals surface area contributed by atoms with Crippen LogP contribution in [-0.2, 0) is 0 Å². The Labute approximate surface area is 315 Å². The van der Waals surface area contributed by atoms with Gasteiger partial charge in [0.2, 0.25) is 0 Å². The van der Waals surface area contributed by atoms with Gasteiger partial charge in [0, 0.05) is 11.1 Å². The van der Waals surface area contributed by atoms with Crippen LogP contribution >= 0.6 is 0 Å². The molecule has 0 saturated carbocycles. The Balaban J connectivity index is 1.07. The van der Waals surface area contributed by atoms with Crippen LogP contribution < -0.4 is 5.32 Å². The van der Waals surface area contributed by atoms with Crippen LogP contribution in [0.4, 0.5) is 0 Å². The highest BCUT2D eigenvalue weighted by Crippen LogP contribution is 2.40. The smallest absolute Gasteiger partial charge is 0.134 e. The van der Waals surface area contributed by atoms with E-state index in [-0.39, 0.29) is 6.04 Å². The SMILES string of the molecule is C1=C(c2ccccc2-c2ccc(-c3ccccc3)cc2)N=C(c2ccc(-c3c4ccccc4cc4c3ccc3ccccc34)cc2)NC1c1ccccc1. The third-order valence-electron chi connectivity index (χ3n) is 10.7. The quantitative estimate of drug-likeness (QED) is 0.136. The fourth-order valence-electron chi connectivity index (χ4n) is 8.03. The number of nitrogens with one attached hydrogen (secondary N) is 1. The van der Waals surface area contributed by atoms with Gasteiger partial charge in [-0.1, -0.05) is 194 Å². The van der Waals surface area contributed by atoms with Gasteiger partial charge in [-0.05, 0) is 83.4 Å². The molecule has 0 bridgehead atoms. The summed E-state index contributed by atoms with van der Waals surface area (Å²) in [6.45, 7) is 0. The highest BCUT2D eigenvalue weighted by molar-refractivity contribution is 6.20. The second-order valence-electron chi connectivity index (χ2n) is 14.0. The van der Waals surface area contributed by atoms with E-state index < -0.39 is 0 Å². The van der Waals surface area contributed by atoms with Gasteiger partial charge in [0.25, 0.3) is 0 Å². The molecule has 0 saturated heterocycles. The summed E-state index contributed by atoms with van der Waals surface area (Å²) in [5, 5.41) is 11.3. The maximum absolute atomic E-state index is 5.35. The first-order valence-electron chi connectivity index (χ1n) is 18.6. The molecule has 9 aromatic carbocycles. The molecule has 0 amide bonds. The number of amidine groups is 1. The summed E-state index contributed by atoms with van der Waals surface area (Å²) in [7, 11) is 0. The van der Waals surface area contributed by atoms with Gasteiger partial charge in [0.05, 0.1) is 11.7 Å². The maximum Gasteiger partial charge on any atom is 0.134 e. The molecule has 2 nitrogen and oxygen atoms in total. The zero-order valence-corrected chi connectivity index (χ0v) is 29.7. The van der Waals surface area contributed by atoms with E-state index in [4.69, 9.17) is 4.99 Å². The normalized spacial score (nSPS) is 14.1. The molecule has 0 aliphatic carbocycles. The third kappa shape index (κ3) is 5.75. The lowest BCUT2D eigenvalue weighted by molar-refractivity contribution is 0.781. The summed E-state index contributed by atoms with van der Waals surface area (Å²) in [5.41, 5.74) is 11.5. The number of hydrogen-bond donors (Lipinski definition) is 1. The molecule has 254 valence electrons. The minimum absolute atomic E-state index is 0.0443. The average Bonchev–Trinajstić information content (AvgIpc) is 3.26. The fraction of sp³-hybridized carbons (Fsp3) is 0.0192. The summed E-state index contributed by atoms with van der Waals surface area (Å²) in [6, 6.07) is 71.9. The maximum atomic E-state index is 5.35. The van der Waals surface area contributed by atoms with E-state index >= 15 is 0 Å². The lowest BCUT2D eigenvalue weighted by atomic mass is 9.89. The van der Waals surface area contributed by atoms with Crippen molar-refractivity contribution in [2.24, 2.45) is 4.99 Å². The molecular weight excluding hydrogens is 653 g/mol. The molecule has 9 aromatic rings. The van der Waals surface area contributed by atoms with Gasteiger partial charge in [-0.2, -0.15) is 0 Å². The molecule has 2 heteroatoms. The molecule has 1 atom stereocenters. The third-order valence-corrected chi connectivity index (χ3v) is 10.7. The van der Waals surface area contributed by atoms with Crippen molar-refractivity contribution >= 4 is 43.9 Å². The van der Waals surface area contributed by atoms with Crippen molar-refractivity contribution in [3.05, 3.63) is 223 Å². The number of rotatable bonds is 6. The Hall–Kier alpha value is -7.03. The topological polar surface area (TPSA) is 24.4 Å². The van der Waals surface area contributed by atoms with Crippen LogP contribution in [-0.4, -0.2) is 5.84 Å². The van der Waals surface area contributed by atoms with Gasteiger partial charge in [0.1, 0.15) is 5.84 Å². The van der Waals surface area contributed by atoms with Gasteiger partial charge in [-0.3, -0.25) is 0 Å². The van der Waals surface area contributed by atoms with Gasteiger partial charge < -0.3 is 5.32 Å². The van der Waals surface area contributed by atoms with Gasteiger partial charge in [-0.25, -0.2) is 4.99 Å². The van der Waals surface area contributed by atoms with E-state index in [9.17, 15) is 0 Å². The molecule has 1 aliphatic heterocycles. The number of aliphatic imine (C=N–C) groups is 1. The number of benzene rings is 9. The Morgan fingerprint density at radius 3 is 1.72 bits per heavy atom. The molecule has 1 aliphatic rings. The summed E-state index contributed by atoms with van der Waals surface area (Å²) < 4.78 is 0. The minimum atomic E-state index is -0.0443. The predicted molar refractivity (Wildman–Crippen MR) is 229 cm³/mol. The van der Waals surface area contributed by atoms with Crippen LogP contribution in [0.3, 0.4) is 0 Å². The van der Waals surface area contributed by atoms with Crippen LogP contribution in [0.5, 0.6) is 0 Å². The van der Waals surface area contributed by atoms with Crippen molar-refractivity contribution in [3.63, 3.8) is 0 Å². The molecule has 0 fully saturated rings. The average molecular weight is 689 g/mol. The molecular formula is C52H36N2. The molecule has 1 heterocycles. The Morgan fingerprint density at radius 2 is 0.944 bits per heavy atom. The first kappa shape index (κ1) is 31.7. The molecule has 54 heavy (non-hydrogen) atoms. The predicted octanol–water partition coefficient (Wildman–Crippen LogP) is 13.3. The van der Waals surface area contributed by atoms with Crippen LogP contribution in [0.15, 0.2) is 211 Å². The van der Waals surface area contributed by atoms with Crippen LogP contribution in [0.1, 0.15) is 22.7 Å². The molecule has 0 aromatic heterocycles. The fourth-order valence-corrected chi connectivity index (χ4v) is 8.03. The lowest BCUT2D eigenvalue weighted by Crippen LogP contribution is -2.31. The van der Waals surface area contributed by atoms with Crippen molar-refractivity contribution < 1.29 is 0 Å². The molecule has 0 radical (unpaired) electrons. The Kier molecular flexibility index (Phi) is 7.92. The standard InChI is InChI=1S/C52H36N2/c1-3-13-35(14-4-1)36-23-25-38(26-24-36)43-19-11-12-22-46(43)50-34-49(39-16-5-2-6-17-39)53-52(54-50)41-29-27-40(28-30-41)51-45-21-10-8-18-42(45)33-48-44-20-9-7-15-37(44)31-32-47(48)51/h1-34,49H,(H,53,54). The van der Waals surface area contributed by atoms with Crippen LogP contribution in [0.25, 0.3) is 71.4 Å². The molecule has 10 rings (SSSR count). The first-order chi connectivity index (χ1) is 26.8. The number of fused-ring (bicyclic) bond motifs is 4. The Bertz CT molecular complexity index is 2870. The van der Waals surface area contributed by atoms with E-state index in [1.807, 2.05) is 0 Å². The van der Waals surface area contributed by atoms with Crippen LogP contribution in [0.2, 0.25) is 0 Å². The van der Waals surface area contributed by atoms with Crippen molar-refractivity contribution in [1.29, 1.82) is 0 Å². The highest BCUT2D eigenvalue weighted by atomic mass is 15.0. The van der Waals surface area contributed by atoms with Gasteiger partial charge in [-0.15, -0.1) is 0 Å². The zero-order valence-electron chi connectivity index (χ0n) is 29.7. The molecule has 1 N–H and O–H groups in total. The second-order valence-corrected chi connectivity index (χ2v) is 14.0. The minimum Gasteiger partial charge on any atom is -0.359 e. The van der Waals surface area contributed by atoms with Crippen molar-refractivity contribution in [2.75, 3.05) is 0 Å². The van der Waals surface area contributed by atoms with Crippen molar-refractivity contribution in [2.45, 2.75) is 6.04 Å². The summed E-state index contributed by atoms with van der Waals surface area (Å²) in [4.78, 5) is 5.35. The van der Waals surface area contributed by atoms with E-state index in [1.54, 1.807) is 0 Å². The summed E-state index contributed by atoms with van der Waals surface area (Å²) in [5.74, 6) is 0.857. The summed E-state index contributed by atoms with van der Waals surface area (Å²) >= 11 is 0. The lowest BCUT2D eigenvalue weighted by Gasteiger charge is -2.25. The zero-order chi connectivity index (χ0) is 35.8. The van der Waals surface area contributed by atoms with Gasteiger partial charge in [0.15, 0.2) is 0 Å². The van der Waals surface area contributed by atoms with Gasteiger partial charge >= 0.3 is 0 Å². The van der Waals surface area contributed by atoms with E-state index in [0.717, 1.165) is 33.8 Å². The van der Waals surface area contributed by atoms with Crippen molar-refractivity contribution in [3.8, 4) is 33.4 Å². The molecule has 1 unspecified atom stereocenters.